The van der Waals surface area contributed by atoms with Gasteiger partial charge in [-0.05, 0) is 33.1 Å². The molecule has 1 unspecified atom stereocenters. The van der Waals surface area contributed by atoms with Crippen LogP contribution in [0, 0.1) is 5.92 Å². The standard InChI is InChI=1S/C11H18/c1-5-10-6-7-11(8(2)3)9(10)4/h11H,2,5-7H2,1,3-4H3. The molecule has 1 rings (SSSR count). The quantitative estimate of drug-likeness (QED) is 0.526. The van der Waals surface area contributed by atoms with Crippen molar-refractivity contribution in [3.05, 3.63) is 23.3 Å². The second-order valence-corrected chi connectivity index (χ2v) is 3.58. The Morgan fingerprint density at radius 1 is 1.64 bits per heavy atom. The summed E-state index contributed by atoms with van der Waals surface area (Å²) >= 11 is 0. The molecule has 0 radical (unpaired) electrons. The molecule has 1 atom stereocenters. The minimum Gasteiger partial charge on any atom is -0.0995 e. The molecule has 1 aliphatic rings. The van der Waals surface area contributed by atoms with Gasteiger partial charge in [-0.25, -0.2) is 0 Å². The number of rotatable bonds is 2. The fourth-order valence-electron chi connectivity index (χ4n) is 2.05. The Hall–Kier alpha value is -0.520. The molecule has 0 aromatic heterocycles. The van der Waals surface area contributed by atoms with E-state index in [1.165, 1.54) is 24.8 Å². The smallest absolute Gasteiger partial charge is 0.000443 e. The monoisotopic (exact) mass is 150 g/mol. The van der Waals surface area contributed by atoms with Gasteiger partial charge >= 0.3 is 0 Å². The second-order valence-electron chi connectivity index (χ2n) is 3.58. The molecular weight excluding hydrogens is 132 g/mol. The van der Waals surface area contributed by atoms with Crippen LogP contribution < -0.4 is 0 Å². The minimum absolute atomic E-state index is 0.699. The maximum absolute atomic E-state index is 4.02. The molecular formula is C11H18. The zero-order valence-electron chi connectivity index (χ0n) is 7.91. The molecule has 0 bridgehead atoms. The van der Waals surface area contributed by atoms with Crippen LogP contribution in [-0.4, -0.2) is 0 Å². The van der Waals surface area contributed by atoms with Crippen molar-refractivity contribution in [2.75, 3.05) is 0 Å². The van der Waals surface area contributed by atoms with Crippen LogP contribution in [0.15, 0.2) is 23.3 Å². The SMILES string of the molecule is C=C(C)C1CCC(CC)=C1C. The summed E-state index contributed by atoms with van der Waals surface area (Å²) < 4.78 is 0. The average Bonchev–Trinajstić information content (AvgIpc) is 2.30. The molecule has 0 saturated heterocycles. The van der Waals surface area contributed by atoms with Crippen LogP contribution in [0.25, 0.3) is 0 Å². The molecule has 0 heterocycles. The van der Waals surface area contributed by atoms with Crippen LogP contribution in [0.2, 0.25) is 0 Å². The van der Waals surface area contributed by atoms with Gasteiger partial charge in [-0.1, -0.05) is 30.2 Å². The van der Waals surface area contributed by atoms with Gasteiger partial charge in [0, 0.05) is 5.92 Å². The molecule has 11 heavy (non-hydrogen) atoms. The third kappa shape index (κ3) is 1.55. The van der Waals surface area contributed by atoms with Crippen LogP contribution in [0.5, 0.6) is 0 Å². The first-order valence-electron chi connectivity index (χ1n) is 4.50. The zero-order valence-corrected chi connectivity index (χ0v) is 7.91. The van der Waals surface area contributed by atoms with Crippen LogP contribution in [0.4, 0.5) is 0 Å². The predicted octanol–water partition coefficient (Wildman–Crippen LogP) is 3.70. The molecule has 0 heteroatoms. The van der Waals surface area contributed by atoms with Crippen molar-refractivity contribution in [3.8, 4) is 0 Å². The summed E-state index contributed by atoms with van der Waals surface area (Å²) in [6.07, 6.45) is 3.85. The van der Waals surface area contributed by atoms with Gasteiger partial charge in [-0.15, -0.1) is 0 Å². The Labute approximate surface area is 70.0 Å². The fraction of sp³-hybridized carbons (Fsp3) is 0.636. The van der Waals surface area contributed by atoms with Crippen molar-refractivity contribution >= 4 is 0 Å². The molecule has 62 valence electrons. The summed E-state index contributed by atoms with van der Waals surface area (Å²) in [6.45, 7) is 10.7. The Morgan fingerprint density at radius 2 is 2.27 bits per heavy atom. The van der Waals surface area contributed by atoms with E-state index in [1.807, 2.05) is 0 Å². The van der Waals surface area contributed by atoms with Crippen molar-refractivity contribution in [1.29, 1.82) is 0 Å². The van der Waals surface area contributed by atoms with Crippen molar-refractivity contribution in [2.24, 2.45) is 5.92 Å². The van der Waals surface area contributed by atoms with Gasteiger partial charge in [-0.3, -0.25) is 0 Å². The van der Waals surface area contributed by atoms with E-state index in [0.29, 0.717) is 5.92 Å². The highest BCUT2D eigenvalue weighted by Crippen LogP contribution is 2.36. The lowest BCUT2D eigenvalue weighted by Gasteiger charge is -2.10. The topological polar surface area (TPSA) is 0 Å². The molecule has 0 spiro atoms. The Bertz CT molecular complexity index is 196. The van der Waals surface area contributed by atoms with Crippen LogP contribution >= 0.6 is 0 Å². The molecule has 0 aliphatic heterocycles. The highest BCUT2D eigenvalue weighted by Gasteiger charge is 2.20. The van der Waals surface area contributed by atoms with Gasteiger partial charge in [0.2, 0.25) is 0 Å². The van der Waals surface area contributed by atoms with Gasteiger partial charge in [-0.2, -0.15) is 0 Å². The largest absolute Gasteiger partial charge is 0.0995 e. The van der Waals surface area contributed by atoms with Gasteiger partial charge in [0.1, 0.15) is 0 Å². The lowest BCUT2D eigenvalue weighted by Crippen LogP contribution is -1.96. The van der Waals surface area contributed by atoms with Crippen molar-refractivity contribution < 1.29 is 0 Å². The summed E-state index contributed by atoms with van der Waals surface area (Å²) in [5.74, 6) is 0.699. The van der Waals surface area contributed by atoms with Gasteiger partial charge in [0.15, 0.2) is 0 Å². The van der Waals surface area contributed by atoms with E-state index in [2.05, 4.69) is 27.4 Å². The number of hydrogen-bond donors (Lipinski definition) is 0. The van der Waals surface area contributed by atoms with Gasteiger partial charge in [0.25, 0.3) is 0 Å². The van der Waals surface area contributed by atoms with Crippen LogP contribution in [0.3, 0.4) is 0 Å². The summed E-state index contributed by atoms with van der Waals surface area (Å²) in [4.78, 5) is 0. The average molecular weight is 150 g/mol. The highest BCUT2D eigenvalue weighted by atomic mass is 14.3. The molecule has 0 nitrogen and oxygen atoms in total. The second kappa shape index (κ2) is 3.25. The van der Waals surface area contributed by atoms with Crippen LogP contribution in [0.1, 0.15) is 40.0 Å². The Kier molecular flexibility index (Phi) is 2.53. The number of hydrogen-bond acceptors (Lipinski definition) is 0. The summed E-state index contributed by atoms with van der Waals surface area (Å²) in [7, 11) is 0. The van der Waals surface area contributed by atoms with Crippen molar-refractivity contribution in [3.63, 3.8) is 0 Å². The van der Waals surface area contributed by atoms with E-state index < -0.39 is 0 Å². The molecule has 0 aromatic carbocycles. The molecule has 0 aromatic rings. The summed E-state index contributed by atoms with van der Waals surface area (Å²) in [5.41, 5.74) is 4.60. The highest BCUT2D eigenvalue weighted by molar-refractivity contribution is 5.27. The predicted molar refractivity (Wildman–Crippen MR) is 50.5 cm³/mol. The molecule has 0 N–H and O–H groups in total. The lowest BCUT2D eigenvalue weighted by atomic mass is 9.95. The Morgan fingerprint density at radius 3 is 2.55 bits per heavy atom. The molecule has 1 aliphatic carbocycles. The van der Waals surface area contributed by atoms with Gasteiger partial charge < -0.3 is 0 Å². The fourth-order valence-corrected chi connectivity index (χ4v) is 2.05. The normalized spacial score (nSPS) is 24.5. The van der Waals surface area contributed by atoms with E-state index in [-0.39, 0.29) is 0 Å². The molecule has 0 fully saturated rings. The van der Waals surface area contributed by atoms with E-state index in [4.69, 9.17) is 0 Å². The number of allylic oxidation sites excluding steroid dienone is 3. The summed E-state index contributed by atoms with van der Waals surface area (Å²) in [6, 6.07) is 0. The Balaban J connectivity index is 2.77. The third-order valence-electron chi connectivity index (χ3n) is 2.84. The zero-order chi connectivity index (χ0) is 8.43. The minimum atomic E-state index is 0.699. The van der Waals surface area contributed by atoms with E-state index >= 15 is 0 Å². The van der Waals surface area contributed by atoms with Gasteiger partial charge in [0.05, 0.1) is 0 Å². The maximum Gasteiger partial charge on any atom is 0.000443 e. The van der Waals surface area contributed by atoms with E-state index in [1.54, 1.807) is 11.1 Å². The van der Waals surface area contributed by atoms with Crippen LogP contribution in [-0.2, 0) is 0 Å². The van der Waals surface area contributed by atoms with E-state index in [9.17, 15) is 0 Å². The maximum atomic E-state index is 4.02. The first-order valence-corrected chi connectivity index (χ1v) is 4.50. The van der Waals surface area contributed by atoms with Crippen molar-refractivity contribution in [1.82, 2.24) is 0 Å². The lowest BCUT2D eigenvalue weighted by molar-refractivity contribution is 0.698. The van der Waals surface area contributed by atoms with Crippen molar-refractivity contribution in [2.45, 2.75) is 40.0 Å². The first-order chi connectivity index (χ1) is 5.16. The summed E-state index contributed by atoms with van der Waals surface area (Å²) in [5, 5.41) is 0. The first kappa shape index (κ1) is 8.58. The molecule has 0 saturated carbocycles. The molecule has 0 amide bonds. The van der Waals surface area contributed by atoms with E-state index in [0.717, 1.165) is 0 Å². The third-order valence-corrected chi connectivity index (χ3v) is 2.84.